The molecule has 3 aromatic rings. The minimum Gasteiger partial charge on any atom is -0.344 e. The van der Waals surface area contributed by atoms with Crippen molar-refractivity contribution in [3.05, 3.63) is 58.0 Å². The number of amides is 1. The van der Waals surface area contributed by atoms with Crippen molar-refractivity contribution in [3.8, 4) is 0 Å². The molecule has 1 aromatic carbocycles. The molecule has 1 aliphatic rings. The summed E-state index contributed by atoms with van der Waals surface area (Å²) in [5.41, 5.74) is 0.845. The van der Waals surface area contributed by atoms with Gasteiger partial charge < -0.3 is 5.32 Å². The molecule has 2 aromatic heterocycles. The molecule has 0 bridgehead atoms. The molecule has 1 aliphatic carbocycles. The summed E-state index contributed by atoms with van der Waals surface area (Å²) in [6, 6.07) is 10.2. The van der Waals surface area contributed by atoms with Crippen molar-refractivity contribution >= 4 is 29.0 Å². The van der Waals surface area contributed by atoms with Crippen LogP contribution in [0.5, 0.6) is 0 Å². The number of nitrogens with one attached hydrogen (secondary N) is 1. The number of halogens is 1. The van der Waals surface area contributed by atoms with Crippen molar-refractivity contribution in [1.29, 1.82) is 0 Å². The van der Waals surface area contributed by atoms with Crippen molar-refractivity contribution < 1.29 is 9.18 Å². The van der Waals surface area contributed by atoms with E-state index in [1.54, 1.807) is 23.5 Å². The number of hydrogen-bond donors (Lipinski definition) is 1. The smallest absolute Gasteiger partial charge is 0.231 e. The number of thiophene rings is 1. The third-order valence-electron chi connectivity index (χ3n) is 4.80. The van der Waals surface area contributed by atoms with Crippen molar-refractivity contribution in [2.75, 3.05) is 5.75 Å². The molecule has 1 amide bonds. The predicted molar refractivity (Wildman–Crippen MR) is 107 cm³/mol. The summed E-state index contributed by atoms with van der Waals surface area (Å²) < 4.78 is 15.1. The van der Waals surface area contributed by atoms with Gasteiger partial charge in [0.25, 0.3) is 0 Å². The number of benzene rings is 1. The summed E-state index contributed by atoms with van der Waals surface area (Å²) in [7, 11) is 0. The highest BCUT2D eigenvalue weighted by molar-refractivity contribution is 7.99. The summed E-state index contributed by atoms with van der Waals surface area (Å²) in [6.07, 6.45) is 4.54. The first-order valence-electron chi connectivity index (χ1n) is 9.19. The maximum Gasteiger partial charge on any atom is 0.231 e. The molecule has 0 aliphatic heterocycles. The Bertz CT molecular complexity index is 907. The minimum atomic E-state index is -0.306. The van der Waals surface area contributed by atoms with Crippen LogP contribution < -0.4 is 5.32 Å². The fourth-order valence-corrected chi connectivity index (χ4v) is 4.98. The van der Waals surface area contributed by atoms with E-state index in [9.17, 15) is 9.18 Å². The largest absolute Gasteiger partial charge is 0.344 e. The Morgan fingerprint density at radius 2 is 2.07 bits per heavy atom. The Morgan fingerprint density at radius 3 is 2.79 bits per heavy atom. The standard InChI is InChI=1S/C19H20FN5OS2/c20-14-9-7-13(8-10-14)18(16-6-3-11-27-16)21-17(26)12-28-19-22-23-24-25(19)15-4-1-2-5-15/h3,6-11,15,18H,1-2,4-5,12H2,(H,21,26). The summed E-state index contributed by atoms with van der Waals surface area (Å²) in [5, 5.41) is 17.7. The van der Waals surface area contributed by atoms with Gasteiger partial charge in [-0.3, -0.25) is 4.79 Å². The highest BCUT2D eigenvalue weighted by Gasteiger charge is 2.23. The summed E-state index contributed by atoms with van der Waals surface area (Å²) in [6.45, 7) is 0. The van der Waals surface area contributed by atoms with E-state index < -0.39 is 0 Å². The van der Waals surface area contributed by atoms with E-state index in [-0.39, 0.29) is 23.5 Å². The highest BCUT2D eigenvalue weighted by Crippen LogP contribution is 2.31. The second-order valence-corrected chi connectivity index (χ2v) is 8.62. The van der Waals surface area contributed by atoms with E-state index in [1.807, 2.05) is 22.2 Å². The number of carbonyl (C=O) groups excluding carboxylic acids is 1. The average Bonchev–Trinajstić information content (AvgIpc) is 3.47. The molecule has 2 heterocycles. The minimum absolute atomic E-state index is 0.117. The van der Waals surface area contributed by atoms with Crippen molar-refractivity contribution in [2.45, 2.75) is 42.9 Å². The maximum absolute atomic E-state index is 13.3. The Hall–Kier alpha value is -2.26. The van der Waals surface area contributed by atoms with E-state index in [0.29, 0.717) is 11.2 Å². The maximum atomic E-state index is 13.3. The molecule has 9 heteroatoms. The van der Waals surface area contributed by atoms with Crippen LogP contribution in [0.15, 0.2) is 46.9 Å². The molecule has 0 radical (unpaired) electrons. The molecule has 4 rings (SSSR count). The molecule has 0 saturated heterocycles. The number of rotatable bonds is 7. The van der Waals surface area contributed by atoms with Gasteiger partial charge in [-0.1, -0.05) is 42.8 Å². The summed E-state index contributed by atoms with van der Waals surface area (Å²) in [5.74, 6) is -0.195. The Balaban J connectivity index is 1.42. The molecule has 1 fully saturated rings. The molecule has 0 spiro atoms. The first-order chi connectivity index (χ1) is 13.7. The Kier molecular flexibility index (Phi) is 6.01. The number of hydrogen-bond acceptors (Lipinski definition) is 6. The summed E-state index contributed by atoms with van der Waals surface area (Å²) in [4.78, 5) is 13.6. The van der Waals surface area contributed by atoms with Gasteiger partial charge in [0.2, 0.25) is 11.1 Å². The molecular formula is C19H20FN5OS2. The van der Waals surface area contributed by atoms with Gasteiger partial charge in [-0.2, -0.15) is 0 Å². The first kappa shape index (κ1) is 19.1. The van der Waals surface area contributed by atoms with Crippen LogP contribution in [0.3, 0.4) is 0 Å². The second kappa shape index (κ2) is 8.83. The monoisotopic (exact) mass is 417 g/mol. The van der Waals surface area contributed by atoms with Crippen LogP contribution in [0.4, 0.5) is 4.39 Å². The second-order valence-electron chi connectivity index (χ2n) is 6.70. The SMILES string of the molecule is O=C(CSc1nnnn1C1CCCC1)NC(c1ccc(F)cc1)c1cccs1. The van der Waals surface area contributed by atoms with Crippen LogP contribution in [0.25, 0.3) is 0 Å². The average molecular weight is 418 g/mol. The van der Waals surface area contributed by atoms with E-state index in [1.165, 1.54) is 36.7 Å². The topological polar surface area (TPSA) is 72.7 Å². The number of carbonyl (C=O) groups is 1. The number of tetrazole rings is 1. The summed E-state index contributed by atoms with van der Waals surface area (Å²) >= 11 is 2.90. The Morgan fingerprint density at radius 1 is 1.29 bits per heavy atom. The Labute approximate surface area is 170 Å². The molecule has 1 unspecified atom stereocenters. The van der Waals surface area contributed by atoms with E-state index in [2.05, 4.69) is 20.8 Å². The highest BCUT2D eigenvalue weighted by atomic mass is 32.2. The van der Waals surface area contributed by atoms with Crippen molar-refractivity contribution in [2.24, 2.45) is 0 Å². The van der Waals surface area contributed by atoms with E-state index >= 15 is 0 Å². The van der Waals surface area contributed by atoms with Gasteiger partial charge in [-0.15, -0.1) is 16.4 Å². The van der Waals surface area contributed by atoms with Gasteiger partial charge >= 0.3 is 0 Å². The third kappa shape index (κ3) is 4.41. The van der Waals surface area contributed by atoms with Crippen molar-refractivity contribution in [3.63, 3.8) is 0 Å². The van der Waals surface area contributed by atoms with Gasteiger partial charge in [0, 0.05) is 4.88 Å². The molecule has 1 N–H and O–H groups in total. The van der Waals surface area contributed by atoms with E-state index in [4.69, 9.17) is 0 Å². The first-order valence-corrected chi connectivity index (χ1v) is 11.1. The third-order valence-corrected chi connectivity index (χ3v) is 6.67. The number of thioether (sulfide) groups is 1. The fourth-order valence-electron chi connectivity index (χ4n) is 3.42. The zero-order chi connectivity index (χ0) is 19.3. The van der Waals surface area contributed by atoms with Crippen LogP contribution in [0.2, 0.25) is 0 Å². The van der Waals surface area contributed by atoms with Gasteiger partial charge in [0.15, 0.2) is 0 Å². The lowest BCUT2D eigenvalue weighted by Crippen LogP contribution is -2.30. The van der Waals surface area contributed by atoms with Crippen LogP contribution in [-0.4, -0.2) is 31.9 Å². The predicted octanol–water partition coefficient (Wildman–Crippen LogP) is 3.99. The van der Waals surface area contributed by atoms with Crippen LogP contribution in [0.1, 0.15) is 48.2 Å². The normalized spacial score (nSPS) is 15.6. The zero-order valence-electron chi connectivity index (χ0n) is 15.1. The van der Waals surface area contributed by atoms with Crippen LogP contribution in [-0.2, 0) is 4.79 Å². The molecule has 28 heavy (non-hydrogen) atoms. The number of aromatic nitrogens is 4. The van der Waals surface area contributed by atoms with Gasteiger partial charge in [-0.25, -0.2) is 9.07 Å². The molecule has 6 nitrogen and oxygen atoms in total. The number of nitrogens with zero attached hydrogens (tertiary/aromatic N) is 4. The van der Waals surface area contributed by atoms with Crippen LogP contribution in [0, 0.1) is 5.82 Å². The van der Waals surface area contributed by atoms with Crippen LogP contribution >= 0.6 is 23.1 Å². The van der Waals surface area contributed by atoms with Gasteiger partial charge in [0.05, 0.1) is 17.8 Å². The van der Waals surface area contributed by atoms with E-state index in [0.717, 1.165) is 23.3 Å². The lowest BCUT2D eigenvalue weighted by molar-refractivity contribution is -0.119. The molecule has 1 atom stereocenters. The zero-order valence-corrected chi connectivity index (χ0v) is 16.8. The van der Waals surface area contributed by atoms with Gasteiger partial charge in [0.1, 0.15) is 5.82 Å². The quantitative estimate of drug-likeness (QED) is 0.589. The fraction of sp³-hybridized carbons (Fsp3) is 0.368. The lowest BCUT2D eigenvalue weighted by atomic mass is 10.1. The van der Waals surface area contributed by atoms with Crippen molar-refractivity contribution in [1.82, 2.24) is 25.5 Å². The molecular weight excluding hydrogens is 397 g/mol. The van der Waals surface area contributed by atoms with Gasteiger partial charge in [-0.05, 0) is 52.4 Å². The molecule has 146 valence electrons. The lowest BCUT2D eigenvalue weighted by Gasteiger charge is -2.18. The molecule has 1 saturated carbocycles.